The van der Waals surface area contributed by atoms with Gasteiger partial charge in [0.05, 0.1) is 12.1 Å². The highest BCUT2D eigenvalue weighted by atomic mass is 19.4. The fourth-order valence-electron chi connectivity index (χ4n) is 5.61. The minimum Gasteiger partial charge on any atom is -0.338 e. The number of rotatable bonds is 5. The molecule has 0 spiro atoms. The van der Waals surface area contributed by atoms with Crippen molar-refractivity contribution in [2.75, 3.05) is 32.7 Å². The van der Waals surface area contributed by atoms with Gasteiger partial charge in [0, 0.05) is 30.7 Å². The second-order valence-electron chi connectivity index (χ2n) is 9.67. The van der Waals surface area contributed by atoms with Crippen molar-refractivity contribution in [3.63, 3.8) is 0 Å². The summed E-state index contributed by atoms with van der Waals surface area (Å²) in [7, 11) is 0. The second-order valence-corrected chi connectivity index (χ2v) is 9.67. The highest BCUT2D eigenvalue weighted by Crippen LogP contribution is 2.31. The number of carbonyl (C=O) groups excluding carboxylic acids is 2. The van der Waals surface area contributed by atoms with Gasteiger partial charge in [-0.2, -0.15) is 13.2 Å². The number of amides is 2. The lowest BCUT2D eigenvalue weighted by Gasteiger charge is -2.44. The molecule has 3 aliphatic rings. The van der Waals surface area contributed by atoms with Crippen LogP contribution in [0.3, 0.4) is 0 Å². The molecule has 3 fully saturated rings. The molecule has 0 bridgehead atoms. The second kappa shape index (κ2) is 10.5. The van der Waals surface area contributed by atoms with Crippen molar-refractivity contribution >= 4 is 11.8 Å². The molecular weight excluding hydrogens is 431 g/mol. The van der Waals surface area contributed by atoms with Crippen molar-refractivity contribution in [1.82, 2.24) is 14.7 Å². The fourth-order valence-corrected chi connectivity index (χ4v) is 5.61. The summed E-state index contributed by atoms with van der Waals surface area (Å²) >= 11 is 0. The monoisotopic (exact) mass is 465 g/mol. The zero-order chi connectivity index (χ0) is 23.4. The summed E-state index contributed by atoms with van der Waals surface area (Å²) in [6.45, 7) is 3.51. The summed E-state index contributed by atoms with van der Waals surface area (Å²) in [6.07, 6.45) is 4.97. The number of halogens is 3. The first-order chi connectivity index (χ1) is 15.8. The molecule has 33 heavy (non-hydrogen) atoms. The maximum atomic E-state index is 13.4. The third-order valence-electron chi connectivity index (χ3n) is 7.42. The largest absolute Gasteiger partial charge is 0.416 e. The summed E-state index contributed by atoms with van der Waals surface area (Å²) in [5.74, 6) is -0.0221. The summed E-state index contributed by atoms with van der Waals surface area (Å²) in [4.78, 5) is 32.3. The first-order valence-electron chi connectivity index (χ1n) is 12.3. The normalized spacial score (nSPS) is 21.4. The van der Waals surface area contributed by atoms with E-state index in [0.29, 0.717) is 32.5 Å². The van der Waals surface area contributed by atoms with E-state index in [-0.39, 0.29) is 29.5 Å². The van der Waals surface area contributed by atoms with E-state index in [4.69, 9.17) is 0 Å². The van der Waals surface area contributed by atoms with Gasteiger partial charge in [0.1, 0.15) is 0 Å². The first-order valence-corrected chi connectivity index (χ1v) is 12.3. The van der Waals surface area contributed by atoms with Crippen LogP contribution in [-0.4, -0.2) is 71.3 Å². The molecule has 0 N–H and O–H groups in total. The zero-order valence-electron chi connectivity index (χ0n) is 19.2. The van der Waals surface area contributed by atoms with Crippen LogP contribution in [0.15, 0.2) is 24.3 Å². The van der Waals surface area contributed by atoms with Gasteiger partial charge in [-0.25, -0.2) is 0 Å². The number of benzene rings is 1. The Morgan fingerprint density at radius 3 is 1.97 bits per heavy atom. The molecule has 4 rings (SSSR count). The van der Waals surface area contributed by atoms with Crippen LogP contribution >= 0.6 is 0 Å². The lowest BCUT2D eigenvalue weighted by atomic mass is 9.91. The lowest BCUT2D eigenvalue weighted by molar-refractivity contribution is -0.139. The molecule has 0 radical (unpaired) electrons. The van der Waals surface area contributed by atoms with Crippen molar-refractivity contribution in [3.05, 3.63) is 35.4 Å². The van der Waals surface area contributed by atoms with Crippen molar-refractivity contribution in [2.24, 2.45) is 0 Å². The molecule has 1 aromatic carbocycles. The summed E-state index contributed by atoms with van der Waals surface area (Å²) in [6, 6.07) is 4.84. The SMILES string of the molecule is O=C(c1ccc(C(F)(F)F)cc1)N1CCC(N(C(=O)CN2CCCC2)C2CCCCC2)CC1. The van der Waals surface area contributed by atoms with E-state index < -0.39 is 11.7 Å². The van der Waals surface area contributed by atoms with Gasteiger partial charge in [0.25, 0.3) is 5.91 Å². The van der Waals surface area contributed by atoms with Crippen LogP contribution in [0.25, 0.3) is 0 Å². The summed E-state index contributed by atoms with van der Waals surface area (Å²) < 4.78 is 38.4. The van der Waals surface area contributed by atoms with Gasteiger partial charge >= 0.3 is 6.18 Å². The van der Waals surface area contributed by atoms with Crippen molar-refractivity contribution in [1.29, 1.82) is 0 Å². The maximum Gasteiger partial charge on any atom is 0.416 e. The Morgan fingerprint density at radius 2 is 1.39 bits per heavy atom. The number of nitrogens with zero attached hydrogens (tertiary/aromatic N) is 3. The molecule has 1 saturated carbocycles. The molecule has 2 saturated heterocycles. The van der Waals surface area contributed by atoms with E-state index in [1.807, 2.05) is 0 Å². The molecule has 8 heteroatoms. The number of likely N-dealkylation sites (tertiary alicyclic amines) is 2. The van der Waals surface area contributed by atoms with Crippen molar-refractivity contribution < 1.29 is 22.8 Å². The van der Waals surface area contributed by atoms with Crippen LogP contribution in [-0.2, 0) is 11.0 Å². The van der Waals surface area contributed by atoms with Gasteiger partial charge in [-0.15, -0.1) is 0 Å². The summed E-state index contributed by atoms with van der Waals surface area (Å²) in [5.41, 5.74) is -0.479. The Bertz CT molecular complexity index is 807. The van der Waals surface area contributed by atoms with E-state index in [0.717, 1.165) is 63.7 Å². The molecule has 2 heterocycles. The molecule has 0 atom stereocenters. The number of alkyl halides is 3. The Hall–Kier alpha value is -2.09. The minimum absolute atomic E-state index is 0.125. The predicted molar refractivity (Wildman–Crippen MR) is 120 cm³/mol. The van der Waals surface area contributed by atoms with Gasteiger partial charge in [0.2, 0.25) is 5.91 Å². The van der Waals surface area contributed by atoms with E-state index in [9.17, 15) is 22.8 Å². The molecule has 0 aromatic heterocycles. The Morgan fingerprint density at radius 1 is 0.818 bits per heavy atom. The van der Waals surface area contributed by atoms with Gasteiger partial charge in [-0.05, 0) is 75.9 Å². The molecular formula is C25H34F3N3O2. The topological polar surface area (TPSA) is 43.9 Å². The number of hydrogen-bond donors (Lipinski definition) is 0. The molecule has 1 aliphatic carbocycles. The molecule has 182 valence electrons. The van der Waals surface area contributed by atoms with Gasteiger partial charge in [-0.3, -0.25) is 14.5 Å². The Labute approximate surface area is 193 Å². The number of piperidine rings is 1. The zero-order valence-corrected chi connectivity index (χ0v) is 19.2. The number of carbonyl (C=O) groups is 2. The third kappa shape index (κ3) is 5.89. The highest BCUT2D eigenvalue weighted by molar-refractivity contribution is 5.94. The quantitative estimate of drug-likeness (QED) is 0.640. The minimum atomic E-state index is -4.41. The third-order valence-corrected chi connectivity index (χ3v) is 7.42. The average Bonchev–Trinajstić information content (AvgIpc) is 3.32. The standard InChI is InChI=1S/C25H34F3N3O2/c26-25(27,28)20-10-8-19(9-11-20)24(33)30-16-12-22(13-17-30)31(21-6-2-1-3-7-21)23(32)18-29-14-4-5-15-29/h8-11,21-22H,1-7,12-18H2. The predicted octanol–water partition coefficient (Wildman–Crippen LogP) is 4.57. The van der Waals surface area contributed by atoms with Crippen molar-refractivity contribution in [2.45, 2.75) is 76.0 Å². The molecule has 2 aliphatic heterocycles. The van der Waals surface area contributed by atoms with Crippen LogP contribution in [0.5, 0.6) is 0 Å². The van der Waals surface area contributed by atoms with E-state index in [1.165, 1.54) is 18.6 Å². The van der Waals surface area contributed by atoms with Crippen LogP contribution in [0.2, 0.25) is 0 Å². The van der Waals surface area contributed by atoms with E-state index in [1.54, 1.807) is 4.90 Å². The summed E-state index contributed by atoms with van der Waals surface area (Å²) in [5, 5.41) is 0. The smallest absolute Gasteiger partial charge is 0.338 e. The first kappa shape index (κ1) is 24.0. The van der Waals surface area contributed by atoms with E-state index in [2.05, 4.69) is 9.80 Å². The Kier molecular flexibility index (Phi) is 7.62. The molecule has 2 amide bonds. The Balaban J connectivity index is 1.38. The molecule has 5 nitrogen and oxygen atoms in total. The maximum absolute atomic E-state index is 13.4. The molecule has 0 unspecified atom stereocenters. The van der Waals surface area contributed by atoms with Crippen LogP contribution in [0.1, 0.15) is 73.7 Å². The van der Waals surface area contributed by atoms with Crippen LogP contribution in [0, 0.1) is 0 Å². The van der Waals surface area contributed by atoms with Gasteiger partial charge in [0.15, 0.2) is 0 Å². The van der Waals surface area contributed by atoms with Gasteiger partial charge in [-0.1, -0.05) is 19.3 Å². The average molecular weight is 466 g/mol. The number of hydrogen-bond acceptors (Lipinski definition) is 3. The fraction of sp³-hybridized carbons (Fsp3) is 0.680. The van der Waals surface area contributed by atoms with Crippen LogP contribution in [0.4, 0.5) is 13.2 Å². The molecule has 1 aromatic rings. The van der Waals surface area contributed by atoms with E-state index >= 15 is 0 Å². The lowest BCUT2D eigenvalue weighted by Crippen LogP contribution is -2.55. The van der Waals surface area contributed by atoms with Crippen molar-refractivity contribution in [3.8, 4) is 0 Å². The van der Waals surface area contributed by atoms with Gasteiger partial charge < -0.3 is 9.80 Å². The van der Waals surface area contributed by atoms with Crippen LogP contribution < -0.4 is 0 Å². The highest BCUT2D eigenvalue weighted by Gasteiger charge is 2.36.